The molecule has 0 aromatic heterocycles. The Morgan fingerprint density at radius 1 is 1.31 bits per heavy atom. The molecule has 1 aromatic rings. The highest BCUT2D eigenvalue weighted by molar-refractivity contribution is 5.83. The van der Waals surface area contributed by atoms with Gasteiger partial charge >= 0.3 is 0 Å². The number of carbonyl (C=O) groups excluding carboxylic acids is 1. The van der Waals surface area contributed by atoms with Gasteiger partial charge in [-0.3, -0.25) is 4.79 Å². The Hall–Kier alpha value is -1.57. The zero-order chi connectivity index (χ0) is 9.26. The minimum absolute atomic E-state index is 0.0684. The number of rotatable bonds is 1. The number of amides is 1. The summed E-state index contributed by atoms with van der Waals surface area (Å²) in [6, 6.07) is 9.97. The molecule has 1 aromatic carbocycles. The third kappa shape index (κ3) is 1.47. The van der Waals surface area contributed by atoms with Gasteiger partial charge in [-0.2, -0.15) is 0 Å². The van der Waals surface area contributed by atoms with Gasteiger partial charge in [0.15, 0.2) is 0 Å². The Bertz CT molecular complexity index is 342. The molecule has 13 heavy (non-hydrogen) atoms. The van der Waals surface area contributed by atoms with Crippen molar-refractivity contribution in [2.75, 3.05) is 0 Å². The molecule has 1 atom stereocenters. The molecule has 1 saturated heterocycles. The van der Waals surface area contributed by atoms with Crippen molar-refractivity contribution in [3.05, 3.63) is 48.2 Å². The molecular weight excluding hydrogens is 162 g/mol. The maximum Gasteiger partial charge on any atom is 0.225 e. The molecule has 0 aliphatic carbocycles. The van der Waals surface area contributed by atoms with Crippen molar-refractivity contribution in [3.63, 3.8) is 0 Å². The van der Waals surface area contributed by atoms with E-state index in [-0.39, 0.29) is 11.8 Å². The van der Waals surface area contributed by atoms with Crippen molar-refractivity contribution < 1.29 is 4.79 Å². The van der Waals surface area contributed by atoms with Crippen LogP contribution in [0.4, 0.5) is 0 Å². The molecule has 66 valence electrons. The molecule has 1 fully saturated rings. The molecule has 0 bridgehead atoms. The van der Waals surface area contributed by atoms with E-state index in [2.05, 4.69) is 11.9 Å². The zero-order valence-electron chi connectivity index (χ0n) is 7.29. The van der Waals surface area contributed by atoms with Gasteiger partial charge in [0.05, 0.1) is 0 Å². The normalized spacial score (nSPS) is 21.7. The molecule has 2 rings (SSSR count). The van der Waals surface area contributed by atoms with Crippen LogP contribution in [0.2, 0.25) is 0 Å². The second kappa shape index (κ2) is 3.05. The van der Waals surface area contributed by atoms with Crippen LogP contribution < -0.4 is 5.32 Å². The minimum Gasteiger partial charge on any atom is -0.330 e. The number of hydrogen-bond acceptors (Lipinski definition) is 1. The highest BCUT2D eigenvalue weighted by Gasteiger charge is 2.26. The lowest BCUT2D eigenvalue weighted by molar-refractivity contribution is -0.118. The van der Waals surface area contributed by atoms with Crippen molar-refractivity contribution in [2.24, 2.45) is 0 Å². The second-order valence-corrected chi connectivity index (χ2v) is 3.24. The Kier molecular flexibility index (Phi) is 1.89. The first-order valence-electron chi connectivity index (χ1n) is 4.31. The summed E-state index contributed by atoms with van der Waals surface area (Å²) in [6.07, 6.45) is 0.531. The SMILES string of the molecule is C=C1NC(=O)CC1c1ccccc1. The van der Waals surface area contributed by atoms with E-state index in [1.165, 1.54) is 0 Å². The smallest absolute Gasteiger partial charge is 0.225 e. The van der Waals surface area contributed by atoms with E-state index in [0.29, 0.717) is 6.42 Å². The lowest BCUT2D eigenvalue weighted by atomic mass is 9.96. The summed E-state index contributed by atoms with van der Waals surface area (Å²) in [7, 11) is 0. The topological polar surface area (TPSA) is 29.1 Å². The van der Waals surface area contributed by atoms with Crippen LogP contribution in [0.25, 0.3) is 0 Å². The minimum atomic E-state index is 0.0684. The van der Waals surface area contributed by atoms with Gasteiger partial charge in [0.1, 0.15) is 0 Å². The van der Waals surface area contributed by atoms with Crippen LogP contribution in [0.1, 0.15) is 17.9 Å². The standard InChI is InChI=1S/C11H11NO/c1-8-10(7-11(13)12-8)9-5-3-2-4-6-9/h2-6,10H,1,7H2,(H,12,13). The van der Waals surface area contributed by atoms with Crippen molar-refractivity contribution in [1.29, 1.82) is 0 Å². The predicted molar refractivity (Wildman–Crippen MR) is 51.1 cm³/mol. The van der Waals surface area contributed by atoms with Crippen molar-refractivity contribution in [3.8, 4) is 0 Å². The molecule has 0 radical (unpaired) electrons. The summed E-state index contributed by atoms with van der Waals surface area (Å²) < 4.78 is 0. The first kappa shape index (κ1) is 8.05. The van der Waals surface area contributed by atoms with Crippen molar-refractivity contribution in [1.82, 2.24) is 5.32 Å². The average molecular weight is 173 g/mol. The fourth-order valence-electron chi connectivity index (χ4n) is 1.63. The lowest BCUT2D eigenvalue weighted by Crippen LogP contribution is -2.11. The summed E-state index contributed by atoms with van der Waals surface area (Å²) in [5.41, 5.74) is 1.97. The highest BCUT2D eigenvalue weighted by atomic mass is 16.1. The molecule has 1 amide bonds. The first-order valence-corrected chi connectivity index (χ1v) is 4.31. The Labute approximate surface area is 77.3 Å². The number of hydrogen-bond donors (Lipinski definition) is 1. The largest absolute Gasteiger partial charge is 0.330 e. The third-order valence-corrected chi connectivity index (χ3v) is 2.31. The molecule has 1 unspecified atom stereocenters. The van der Waals surface area contributed by atoms with Gasteiger partial charge in [-0.1, -0.05) is 36.9 Å². The van der Waals surface area contributed by atoms with Crippen LogP contribution in [0.3, 0.4) is 0 Å². The lowest BCUT2D eigenvalue weighted by Gasteiger charge is -2.08. The van der Waals surface area contributed by atoms with E-state index in [0.717, 1.165) is 11.3 Å². The summed E-state index contributed by atoms with van der Waals surface area (Å²) in [5.74, 6) is 0.229. The van der Waals surface area contributed by atoms with E-state index < -0.39 is 0 Å². The molecule has 1 N–H and O–H groups in total. The van der Waals surface area contributed by atoms with Crippen LogP contribution in [0, 0.1) is 0 Å². The van der Waals surface area contributed by atoms with Crippen LogP contribution in [0.15, 0.2) is 42.6 Å². The van der Waals surface area contributed by atoms with E-state index in [9.17, 15) is 4.79 Å². The van der Waals surface area contributed by atoms with Crippen LogP contribution in [-0.2, 0) is 4.79 Å². The van der Waals surface area contributed by atoms with Gasteiger partial charge in [-0.25, -0.2) is 0 Å². The Balaban J connectivity index is 2.28. The quantitative estimate of drug-likeness (QED) is 0.689. The summed E-state index contributed by atoms with van der Waals surface area (Å²) in [4.78, 5) is 11.1. The Morgan fingerprint density at radius 2 is 2.00 bits per heavy atom. The number of allylic oxidation sites excluding steroid dienone is 1. The van der Waals surface area contributed by atoms with Gasteiger partial charge in [0, 0.05) is 18.0 Å². The molecule has 0 spiro atoms. The predicted octanol–water partition coefficient (Wildman–Crippen LogP) is 1.80. The summed E-state index contributed by atoms with van der Waals surface area (Å²) in [6.45, 7) is 3.83. The monoisotopic (exact) mass is 173 g/mol. The van der Waals surface area contributed by atoms with E-state index >= 15 is 0 Å². The van der Waals surface area contributed by atoms with Gasteiger partial charge in [-0.05, 0) is 5.56 Å². The summed E-state index contributed by atoms with van der Waals surface area (Å²) in [5, 5.41) is 2.73. The molecule has 1 heterocycles. The van der Waals surface area contributed by atoms with Crippen LogP contribution >= 0.6 is 0 Å². The molecule has 1 aliphatic rings. The van der Waals surface area contributed by atoms with Gasteiger partial charge < -0.3 is 5.32 Å². The molecule has 0 saturated carbocycles. The van der Waals surface area contributed by atoms with Gasteiger partial charge in [0.25, 0.3) is 0 Å². The molecule has 2 heteroatoms. The van der Waals surface area contributed by atoms with Gasteiger partial charge in [-0.15, -0.1) is 0 Å². The maximum atomic E-state index is 11.1. The third-order valence-electron chi connectivity index (χ3n) is 2.31. The second-order valence-electron chi connectivity index (χ2n) is 3.24. The number of carbonyl (C=O) groups is 1. The maximum absolute atomic E-state index is 11.1. The number of benzene rings is 1. The highest BCUT2D eigenvalue weighted by Crippen LogP contribution is 2.29. The van der Waals surface area contributed by atoms with Crippen molar-refractivity contribution in [2.45, 2.75) is 12.3 Å². The van der Waals surface area contributed by atoms with E-state index in [4.69, 9.17) is 0 Å². The summed E-state index contributed by atoms with van der Waals surface area (Å²) >= 11 is 0. The van der Waals surface area contributed by atoms with E-state index in [1.54, 1.807) is 0 Å². The zero-order valence-corrected chi connectivity index (χ0v) is 7.29. The molecule has 2 nitrogen and oxygen atoms in total. The van der Waals surface area contributed by atoms with Gasteiger partial charge in [0.2, 0.25) is 5.91 Å². The number of nitrogens with one attached hydrogen (secondary N) is 1. The average Bonchev–Trinajstić information content (AvgIpc) is 2.47. The Morgan fingerprint density at radius 3 is 2.54 bits per heavy atom. The van der Waals surface area contributed by atoms with Crippen LogP contribution in [0.5, 0.6) is 0 Å². The fraction of sp³-hybridized carbons (Fsp3) is 0.182. The van der Waals surface area contributed by atoms with Crippen molar-refractivity contribution >= 4 is 5.91 Å². The first-order chi connectivity index (χ1) is 6.27. The molecular formula is C11H11NO. The molecule has 1 aliphatic heterocycles. The fourth-order valence-corrected chi connectivity index (χ4v) is 1.63. The van der Waals surface area contributed by atoms with Crippen LogP contribution in [-0.4, -0.2) is 5.91 Å². The van der Waals surface area contributed by atoms with E-state index in [1.807, 2.05) is 30.3 Å².